The van der Waals surface area contributed by atoms with Crippen molar-refractivity contribution in [3.63, 3.8) is 0 Å². The summed E-state index contributed by atoms with van der Waals surface area (Å²) in [5, 5.41) is -0.490. The molecule has 2 aromatic carbocycles. The minimum absolute atomic E-state index is 0.361. The number of ether oxygens (including phenoxy) is 1. The van der Waals surface area contributed by atoms with Gasteiger partial charge in [0.05, 0.1) is 12.4 Å². The Morgan fingerprint density at radius 2 is 1.38 bits per heavy atom. The van der Waals surface area contributed by atoms with Gasteiger partial charge in [-0.1, -0.05) is 18.2 Å². The van der Waals surface area contributed by atoms with E-state index in [4.69, 9.17) is 4.74 Å². The molecule has 0 saturated heterocycles. The van der Waals surface area contributed by atoms with E-state index in [-0.39, 0.29) is 0 Å². The average Bonchev–Trinajstić information content (AvgIpc) is 2.47. The lowest BCUT2D eigenvalue weighted by Gasteiger charge is -2.13. The fourth-order valence-electron chi connectivity index (χ4n) is 1.87. The van der Waals surface area contributed by atoms with Crippen molar-refractivity contribution >= 4 is 19.2 Å². The summed E-state index contributed by atoms with van der Waals surface area (Å²) < 4.78 is 71.8. The summed E-state index contributed by atoms with van der Waals surface area (Å²) >= 11 is 0. The van der Waals surface area contributed by atoms with E-state index in [1.165, 1.54) is 13.2 Å². The Kier molecular flexibility index (Phi) is 4.47. The van der Waals surface area contributed by atoms with Gasteiger partial charge in [0, 0.05) is 5.30 Å². The lowest BCUT2D eigenvalue weighted by molar-refractivity contribution is 0.384. The smallest absolute Gasteiger partial charge is 0.200 e. The van der Waals surface area contributed by atoms with Crippen LogP contribution in [-0.4, -0.2) is 7.11 Å². The molecule has 0 aliphatic rings. The lowest BCUT2D eigenvalue weighted by Crippen LogP contribution is -2.19. The van der Waals surface area contributed by atoms with E-state index in [9.17, 15) is 22.0 Å². The highest BCUT2D eigenvalue weighted by molar-refractivity contribution is 7.55. The van der Waals surface area contributed by atoms with Gasteiger partial charge in [0.25, 0.3) is 0 Å². The first-order valence-electron chi connectivity index (χ1n) is 5.80. The van der Waals surface area contributed by atoms with E-state index in [2.05, 4.69) is 0 Å². The number of hydrogen-bond donors (Lipinski definition) is 0. The van der Waals surface area contributed by atoms with E-state index < -0.39 is 43.0 Å². The number of halogens is 5. The van der Waals surface area contributed by atoms with Gasteiger partial charge in [-0.25, -0.2) is 22.0 Å². The van der Waals surface area contributed by atoms with Crippen LogP contribution in [0.4, 0.5) is 22.0 Å². The average molecular weight is 320 g/mol. The predicted octanol–water partition coefficient (Wildman–Crippen LogP) is 3.33. The number of hydrogen-bond acceptors (Lipinski definition) is 1. The SMILES string of the molecule is COc1c(C)cccc1Pc1c(F)c(F)c(F)c(F)c1F. The van der Waals surface area contributed by atoms with Crippen molar-refractivity contribution in [2.45, 2.75) is 6.92 Å². The third-order valence-electron chi connectivity index (χ3n) is 2.89. The van der Waals surface area contributed by atoms with E-state index in [1.807, 2.05) is 0 Å². The van der Waals surface area contributed by atoms with Crippen LogP contribution in [0.1, 0.15) is 5.56 Å². The van der Waals surface area contributed by atoms with Gasteiger partial charge in [-0.05, 0) is 21.1 Å². The molecule has 112 valence electrons. The van der Waals surface area contributed by atoms with Crippen molar-refractivity contribution in [1.29, 1.82) is 0 Å². The van der Waals surface area contributed by atoms with E-state index in [0.29, 0.717) is 16.6 Å². The first-order valence-corrected chi connectivity index (χ1v) is 6.80. The molecule has 1 unspecified atom stereocenters. The molecule has 0 heterocycles. The largest absolute Gasteiger partial charge is 0.496 e. The van der Waals surface area contributed by atoms with E-state index in [0.717, 1.165) is 0 Å². The molecule has 1 nitrogen and oxygen atoms in total. The molecule has 2 aromatic rings. The zero-order chi connectivity index (χ0) is 15.7. The molecule has 2 rings (SSSR count). The number of benzene rings is 2. The molecule has 0 spiro atoms. The zero-order valence-electron chi connectivity index (χ0n) is 11.0. The molecule has 7 heteroatoms. The molecule has 0 fully saturated rings. The maximum Gasteiger partial charge on any atom is 0.200 e. The molecule has 0 N–H and O–H groups in total. The highest BCUT2D eigenvalue weighted by atomic mass is 31.1. The van der Waals surface area contributed by atoms with Crippen LogP contribution < -0.4 is 15.3 Å². The van der Waals surface area contributed by atoms with Gasteiger partial charge in [-0.15, -0.1) is 0 Å². The number of rotatable bonds is 3. The molecule has 0 aromatic heterocycles. The standard InChI is InChI=1S/C14H10F5OP/c1-6-4-3-5-7(13(6)20-2)21-14-11(18)9(16)8(15)10(17)12(14)19/h3-5,21H,1-2H3. The molecule has 0 aliphatic heterocycles. The predicted molar refractivity (Wildman–Crippen MR) is 71.5 cm³/mol. The molecule has 1 atom stereocenters. The van der Waals surface area contributed by atoms with Gasteiger partial charge in [-0.2, -0.15) is 0 Å². The Morgan fingerprint density at radius 3 is 1.90 bits per heavy atom. The summed E-state index contributed by atoms with van der Waals surface area (Å²) in [5.74, 6) is -9.30. The fraction of sp³-hybridized carbons (Fsp3) is 0.143. The first kappa shape index (κ1) is 15.7. The van der Waals surface area contributed by atoms with Crippen LogP contribution in [0.5, 0.6) is 5.75 Å². The Bertz CT molecular complexity index is 673. The van der Waals surface area contributed by atoms with Crippen molar-refractivity contribution in [3.8, 4) is 5.75 Å². The van der Waals surface area contributed by atoms with E-state index >= 15 is 0 Å². The first-order chi connectivity index (χ1) is 9.88. The highest BCUT2D eigenvalue weighted by Crippen LogP contribution is 2.27. The highest BCUT2D eigenvalue weighted by Gasteiger charge is 2.26. The third kappa shape index (κ3) is 2.72. The molecule has 21 heavy (non-hydrogen) atoms. The van der Waals surface area contributed by atoms with Gasteiger partial charge in [0.1, 0.15) is 5.75 Å². The summed E-state index contributed by atoms with van der Waals surface area (Å²) in [5.41, 5.74) is 0.700. The van der Waals surface area contributed by atoms with Crippen molar-refractivity contribution in [1.82, 2.24) is 0 Å². The van der Waals surface area contributed by atoms with Gasteiger partial charge >= 0.3 is 0 Å². The van der Waals surface area contributed by atoms with Crippen LogP contribution in [0.2, 0.25) is 0 Å². The van der Waals surface area contributed by atoms with Crippen molar-refractivity contribution in [2.75, 3.05) is 7.11 Å². The number of aryl methyl sites for hydroxylation is 1. The van der Waals surface area contributed by atoms with Crippen LogP contribution in [-0.2, 0) is 0 Å². The summed E-state index contributed by atoms with van der Waals surface area (Å²) in [4.78, 5) is 0. The molecule has 0 saturated carbocycles. The summed E-state index contributed by atoms with van der Waals surface area (Å²) in [7, 11) is 0.614. The second-order valence-electron chi connectivity index (χ2n) is 4.23. The van der Waals surface area contributed by atoms with Crippen LogP contribution in [0, 0.1) is 36.0 Å². The monoisotopic (exact) mass is 320 g/mol. The summed E-state index contributed by atoms with van der Waals surface area (Å²) in [6.45, 7) is 1.71. The summed E-state index contributed by atoms with van der Waals surface area (Å²) in [6, 6.07) is 4.85. The molecule has 0 aliphatic carbocycles. The maximum atomic E-state index is 13.7. The molecule has 0 amide bonds. The normalized spacial score (nSPS) is 11.4. The van der Waals surface area contributed by atoms with Gasteiger partial charge in [0.2, 0.25) is 5.82 Å². The molecule has 0 bridgehead atoms. The molecular formula is C14H10F5OP. The Hall–Kier alpha value is -1.68. The molecule has 0 radical (unpaired) electrons. The second kappa shape index (κ2) is 5.98. The Labute approximate surface area is 119 Å². The topological polar surface area (TPSA) is 9.23 Å². The maximum absolute atomic E-state index is 13.7. The van der Waals surface area contributed by atoms with Crippen molar-refractivity contribution in [2.24, 2.45) is 0 Å². The quantitative estimate of drug-likeness (QED) is 0.365. The van der Waals surface area contributed by atoms with E-state index in [1.54, 1.807) is 19.1 Å². The van der Waals surface area contributed by atoms with Gasteiger partial charge in [-0.3, -0.25) is 0 Å². The van der Waals surface area contributed by atoms with Crippen molar-refractivity contribution in [3.05, 3.63) is 52.8 Å². The fourth-order valence-corrected chi connectivity index (χ4v) is 3.17. The second-order valence-corrected chi connectivity index (χ2v) is 5.51. The van der Waals surface area contributed by atoms with Crippen LogP contribution in [0.25, 0.3) is 0 Å². The van der Waals surface area contributed by atoms with Crippen LogP contribution in [0.15, 0.2) is 18.2 Å². The molecular weight excluding hydrogens is 310 g/mol. The van der Waals surface area contributed by atoms with Gasteiger partial charge in [0.15, 0.2) is 23.3 Å². The Balaban J connectivity index is 2.58. The van der Waals surface area contributed by atoms with Crippen LogP contribution in [0.3, 0.4) is 0 Å². The Morgan fingerprint density at radius 1 is 0.857 bits per heavy atom. The lowest BCUT2D eigenvalue weighted by atomic mass is 10.2. The third-order valence-corrected chi connectivity index (χ3v) is 4.24. The minimum Gasteiger partial charge on any atom is -0.496 e. The van der Waals surface area contributed by atoms with Crippen LogP contribution >= 0.6 is 8.58 Å². The van der Waals surface area contributed by atoms with Gasteiger partial charge < -0.3 is 4.74 Å². The number of methoxy groups -OCH3 is 1. The zero-order valence-corrected chi connectivity index (χ0v) is 12.0. The summed E-state index contributed by atoms with van der Waals surface area (Å²) in [6.07, 6.45) is 0. The minimum atomic E-state index is -2.16. The van der Waals surface area contributed by atoms with Crippen molar-refractivity contribution < 1.29 is 26.7 Å². The number of para-hydroxylation sites is 1.